The largest absolute Gasteiger partial charge is 0.388 e. The van der Waals surface area contributed by atoms with E-state index in [0.29, 0.717) is 11.5 Å². The predicted octanol–water partition coefficient (Wildman–Crippen LogP) is 4.27. The molecule has 0 aliphatic rings. The molecule has 1 aromatic heterocycles. The van der Waals surface area contributed by atoms with Gasteiger partial charge in [0.15, 0.2) is 5.76 Å². The molecule has 0 saturated carbocycles. The molecule has 4 heteroatoms. The van der Waals surface area contributed by atoms with E-state index in [9.17, 15) is 5.11 Å². The summed E-state index contributed by atoms with van der Waals surface area (Å²) in [6.07, 6.45) is 1.06. The zero-order chi connectivity index (χ0) is 14.0. The minimum atomic E-state index is -0.664. The van der Waals surface area contributed by atoms with E-state index in [0.717, 1.165) is 15.6 Å². The van der Waals surface area contributed by atoms with Crippen LogP contribution in [0.1, 0.15) is 24.3 Å². The Kier molecular flexibility index (Phi) is 4.22. The van der Waals surface area contributed by atoms with Gasteiger partial charge in [-0.3, -0.25) is 0 Å². The van der Waals surface area contributed by atoms with E-state index in [1.807, 2.05) is 38.1 Å². The number of halogens is 1. The fourth-order valence-corrected chi connectivity index (χ4v) is 2.19. The van der Waals surface area contributed by atoms with Gasteiger partial charge >= 0.3 is 0 Å². The third-order valence-corrected chi connectivity index (χ3v) is 3.71. The SMILES string of the molecule is C=CC(C)C(O)c1c(C)noc1-c1ccc(Br)cc1. The summed E-state index contributed by atoms with van der Waals surface area (Å²) in [6.45, 7) is 7.46. The first-order valence-corrected chi connectivity index (χ1v) is 6.86. The molecule has 2 rings (SSSR count). The van der Waals surface area contributed by atoms with Gasteiger partial charge in [0.2, 0.25) is 0 Å². The number of nitrogens with zero attached hydrogens (tertiary/aromatic N) is 1. The number of benzene rings is 1. The molecule has 1 aromatic carbocycles. The van der Waals surface area contributed by atoms with Crippen molar-refractivity contribution in [1.29, 1.82) is 0 Å². The summed E-state index contributed by atoms with van der Waals surface area (Å²) in [5.41, 5.74) is 2.34. The van der Waals surface area contributed by atoms with Crippen LogP contribution in [0.4, 0.5) is 0 Å². The summed E-state index contributed by atoms with van der Waals surface area (Å²) in [7, 11) is 0. The van der Waals surface area contributed by atoms with E-state index >= 15 is 0 Å². The zero-order valence-electron chi connectivity index (χ0n) is 10.9. The van der Waals surface area contributed by atoms with Crippen molar-refractivity contribution in [1.82, 2.24) is 5.16 Å². The van der Waals surface area contributed by atoms with E-state index in [-0.39, 0.29) is 5.92 Å². The fourth-order valence-electron chi connectivity index (χ4n) is 1.93. The molecule has 1 N–H and O–H groups in total. The number of rotatable bonds is 4. The van der Waals surface area contributed by atoms with Gasteiger partial charge in [-0.25, -0.2) is 0 Å². The molecular formula is C15H16BrNO2. The number of hydrogen-bond donors (Lipinski definition) is 1. The van der Waals surface area contributed by atoms with Crippen LogP contribution in [0.5, 0.6) is 0 Å². The minimum absolute atomic E-state index is 0.0627. The monoisotopic (exact) mass is 321 g/mol. The first-order valence-electron chi connectivity index (χ1n) is 6.07. The van der Waals surface area contributed by atoms with Gasteiger partial charge in [-0.1, -0.05) is 46.2 Å². The van der Waals surface area contributed by atoms with Crippen molar-refractivity contribution in [2.24, 2.45) is 5.92 Å². The Bertz CT molecular complexity index is 574. The van der Waals surface area contributed by atoms with Gasteiger partial charge in [-0.05, 0) is 19.1 Å². The van der Waals surface area contributed by atoms with Crippen molar-refractivity contribution < 1.29 is 9.63 Å². The van der Waals surface area contributed by atoms with Gasteiger partial charge in [0.1, 0.15) is 0 Å². The second-order valence-electron chi connectivity index (χ2n) is 4.56. The van der Waals surface area contributed by atoms with E-state index in [4.69, 9.17) is 4.52 Å². The van der Waals surface area contributed by atoms with Crippen LogP contribution in [0.25, 0.3) is 11.3 Å². The average molecular weight is 322 g/mol. The van der Waals surface area contributed by atoms with Crippen LogP contribution >= 0.6 is 15.9 Å². The normalized spacial score (nSPS) is 14.1. The van der Waals surface area contributed by atoms with Crippen molar-refractivity contribution in [2.45, 2.75) is 20.0 Å². The number of aliphatic hydroxyl groups is 1. The molecule has 0 bridgehead atoms. The van der Waals surface area contributed by atoms with E-state index in [2.05, 4.69) is 27.7 Å². The lowest BCUT2D eigenvalue weighted by molar-refractivity contribution is 0.139. The number of aliphatic hydroxyl groups excluding tert-OH is 1. The average Bonchev–Trinajstić information content (AvgIpc) is 2.79. The van der Waals surface area contributed by atoms with Crippen molar-refractivity contribution in [2.75, 3.05) is 0 Å². The topological polar surface area (TPSA) is 46.3 Å². The number of hydrogen-bond acceptors (Lipinski definition) is 3. The van der Waals surface area contributed by atoms with Crippen LogP contribution in [0.3, 0.4) is 0 Å². The second kappa shape index (κ2) is 5.72. The van der Waals surface area contributed by atoms with Gasteiger partial charge < -0.3 is 9.63 Å². The second-order valence-corrected chi connectivity index (χ2v) is 5.47. The Labute approximate surface area is 121 Å². The number of aromatic nitrogens is 1. The van der Waals surface area contributed by atoms with Gasteiger partial charge in [-0.2, -0.15) is 0 Å². The molecule has 0 radical (unpaired) electrons. The molecule has 0 aliphatic carbocycles. The summed E-state index contributed by atoms with van der Waals surface area (Å²) in [6, 6.07) is 7.72. The van der Waals surface area contributed by atoms with Gasteiger partial charge in [-0.15, -0.1) is 6.58 Å². The maximum atomic E-state index is 10.4. The van der Waals surface area contributed by atoms with Gasteiger partial charge in [0, 0.05) is 16.0 Å². The van der Waals surface area contributed by atoms with E-state index < -0.39 is 6.10 Å². The van der Waals surface area contributed by atoms with Crippen molar-refractivity contribution in [3.05, 3.63) is 52.7 Å². The third-order valence-electron chi connectivity index (χ3n) is 3.18. The highest BCUT2D eigenvalue weighted by atomic mass is 79.9. The summed E-state index contributed by atoms with van der Waals surface area (Å²) in [5, 5.41) is 14.3. The van der Waals surface area contributed by atoms with Crippen LogP contribution in [-0.4, -0.2) is 10.3 Å². The van der Waals surface area contributed by atoms with Crippen LogP contribution in [0.2, 0.25) is 0 Å². The van der Waals surface area contributed by atoms with Crippen molar-refractivity contribution >= 4 is 15.9 Å². The quantitative estimate of drug-likeness (QED) is 0.855. The van der Waals surface area contributed by atoms with E-state index in [1.54, 1.807) is 6.08 Å². The standard InChI is InChI=1S/C15H16BrNO2/c1-4-9(2)14(18)13-10(3)17-19-15(13)11-5-7-12(16)8-6-11/h4-9,14,18H,1H2,2-3H3. The highest BCUT2D eigenvalue weighted by Gasteiger charge is 2.24. The lowest BCUT2D eigenvalue weighted by Crippen LogP contribution is -2.08. The van der Waals surface area contributed by atoms with Crippen LogP contribution < -0.4 is 0 Å². The molecule has 2 atom stereocenters. The highest BCUT2D eigenvalue weighted by Crippen LogP contribution is 2.35. The molecule has 0 amide bonds. The van der Waals surface area contributed by atoms with Crippen LogP contribution in [0, 0.1) is 12.8 Å². The fraction of sp³-hybridized carbons (Fsp3) is 0.267. The van der Waals surface area contributed by atoms with Crippen molar-refractivity contribution in [3.63, 3.8) is 0 Å². The molecule has 19 heavy (non-hydrogen) atoms. The zero-order valence-corrected chi connectivity index (χ0v) is 12.5. The van der Waals surface area contributed by atoms with Crippen molar-refractivity contribution in [3.8, 4) is 11.3 Å². The molecule has 0 aliphatic heterocycles. The molecule has 3 nitrogen and oxygen atoms in total. The predicted molar refractivity (Wildman–Crippen MR) is 78.7 cm³/mol. The Hall–Kier alpha value is -1.39. The molecule has 2 aromatic rings. The molecule has 0 spiro atoms. The molecular weight excluding hydrogens is 306 g/mol. The Morgan fingerprint density at radius 1 is 1.37 bits per heavy atom. The summed E-state index contributed by atoms with van der Waals surface area (Å²) < 4.78 is 6.37. The maximum Gasteiger partial charge on any atom is 0.172 e. The molecule has 2 unspecified atom stereocenters. The van der Waals surface area contributed by atoms with E-state index in [1.165, 1.54) is 0 Å². The van der Waals surface area contributed by atoms with Gasteiger partial charge in [0.05, 0.1) is 17.4 Å². The lowest BCUT2D eigenvalue weighted by Gasteiger charge is -2.15. The molecule has 100 valence electrons. The number of aryl methyl sites for hydroxylation is 1. The molecule has 0 fully saturated rings. The minimum Gasteiger partial charge on any atom is -0.388 e. The Balaban J connectivity index is 2.48. The van der Waals surface area contributed by atoms with Crippen LogP contribution in [0.15, 0.2) is 45.9 Å². The van der Waals surface area contributed by atoms with Crippen LogP contribution in [-0.2, 0) is 0 Å². The summed E-state index contributed by atoms with van der Waals surface area (Å²) >= 11 is 3.40. The third kappa shape index (κ3) is 2.80. The molecule has 1 heterocycles. The summed E-state index contributed by atoms with van der Waals surface area (Å²) in [5.74, 6) is 0.554. The molecule has 0 saturated heterocycles. The first kappa shape index (κ1) is 14.0. The van der Waals surface area contributed by atoms with Gasteiger partial charge in [0.25, 0.3) is 0 Å². The smallest absolute Gasteiger partial charge is 0.172 e. The Morgan fingerprint density at radius 3 is 2.58 bits per heavy atom. The Morgan fingerprint density at radius 2 is 2.00 bits per heavy atom. The lowest BCUT2D eigenvalue weighted by atomic mass is 9.94. The maximum absolute atomic E-state index is 10.4. The summed E-state index contributed by atoms with van der Waals surface area (Å²) in [4.78, 5) is 0. The first-order chi connectivity index (χ1) is 9.04. The highest BCUT2D eigenvalue weighted by molar-refractivity contribution is 9.10.